The van der Waals surface area contributed by atoms with Gasteiger partial charge in [0, 0.05) is 6.54 Å². The Morgan fingerprint density at radius 3 is 1.68 bits per heavy atom. The Labute approximate surface area is 158 Å². The SMILES string of the molecule is Cc1ccc(C(O)(CCN2CCCCC2)c2ccc(C)cc2)cc1.Cl. The maximum absolute atomic E-state index is 11.6. The standard InChI is InChI=1S/C22H29NO.ClH/c1-18-6-10-20(11-7-18)22(24,21-12-8-19(2)9-13-21)14-17-23-15-4-3-5-16-23;/h6-13,24H,3-5,14-17H2,1-2H3;1H. The summed E-state index contributed by atoms with van der Waals surface area (Å²) in [4.78, 5) is 2.50. The summed E-state index contributed by atoms with van der Waals surface area (Å²) in [7, 11) is 0. The molecule has 25 heavy (non-hydrogen) atoms. The minimum atomic E-state index is -0.918. The van der Waals surface area contributed by atoms with Gasteiger partial charge in [-0.25, -0.2) is 0 Å². The molecule has 136 valence electrons. The Balaban J connectivity index is 0.00000225. The van der Waals surface area contributed by atoms with Gasteiger partial charge in [-0.3, -0.25) is 0 Å². The van der Waals surface area contributed by atoms with E-state index in [9.17, 15) is 5.11 Å². The van der Waals surface area contributed by atoms with Gasteiger partial charge in [-0.15, -0.1) is 12.4 Å². The maximum atomic E-state index is 11.6. The lowest BCUT2D eigenvalue weighted by Gasteiger charge is -2.34. The van der Waals surface area contributed by atoms with Gasteiger partial charge in [-0.2, -0.15) is 0 Å². The fourth-order valence-corrected chi connectivity index (χ4v) is 3.62. The van der Waals surface area contributed by atoms with E-state index in [1.807, 2.05) is 0 Å². The van der Waals surface area contributed by atoms with Crippen molar-refractivity contribution in [2.24, 2.45) is 0 Å². The number of piperidine rings is 1. The zero-order chi connectivity index (χ0) is 17.0. The molecular formula is C22H30ClNO. The Kier molecular flexibility index (Phi) is 7.06. The topological polar surface area (TPSA) is 23.5 Å². The molecule has 0 saturated carbocycles. The van der Waals surface area contributed by atoms with Crippen LogP contribution in [0.15, 0.2) is 48.5 Å². The van der Waals surface area contributed by atoms with E-state index in [1.165, 1.54) is 30.4 Å². The van der Waals surface area contributed by atoms with Crippen molar-refractivity contribution < 1.29 is 5.11 Å². The van der Waals surface area contributed by atoms with E-state index in [0.717, 1.165) is 37.2 Å². The second-order valence-corrected chi connectivity index (χ2v) is 7.24. The van der Waals surface area contributed by atoms with Gasteiger partial charge in [0.1, 0.15) is 5.60 Å². The molecule has 0 spiro atoms. The summed E-state index contributed by atoms with van der Waals surface area (Å²) in [6.45, 7) is 7.44. The van der Waals surface area contributed by atoms with Crippen molar-refractivity contribution in [3.8, 4) is 0 Å². The van der Waals surface area contributed by atoms with Crippen molar-refractivity contribution >= 4 is 12.4 Å². The molecule has 0 atom stereocenters. The van der Waals surface area contributed by atoms with Crippen molar-refractivity contribution in [2.75, 3.05) is 19.6 Å². The average molecular weight is 360 g/mol. The van der Waals surface area contributed by atoms with E-state index < -0.39 is 5.60 Å². The fraction of sp³-hybridized carbons (Fsp3) is 0.455. The summed E-state index contributed by atoms with van der Waals surface area (Å²) in [6, 6.07) is 16.7. The van der Waals surface area contributed by atoms with E-state index in [1.54, 1.807) is 0 Å². The van der Waals surface area contributed by atoms with Crippen LogP contribution in [0.4, 0.5) is 0 Å². The van der Waals surface area contributed by atoms with Crippen molar-refractivity contribution in [1.29, 1.82) is 0 Å². The van der Waals surface area contributed by atoms with Gasteiger partial charge in [-0.05, 0) is 57.3 Å². The van der Waals surface area contributed by atoms with Gasteiger partial charge in [-0.1, -0.05) is 66.1 Å². The third-order valence-corrected chi connectivity index (χ3v) is 5.30. The number of nitrogens with zero attached hydrogens (tertiary/aromatic N) is 1. The molecule has 0 aliphatic carbocycles. The van der Waals surface area contributed by atoms with Crippen molar-refractivity contribution in [3.63, 3.8) is 0 Å². The van der Waals surface area contributed by atoms with Crippen LogP contribution in [-0.2, 0) is 5.60 Å². The average Bonchev–Trinajstić information content (AvgIpc) is 2.62. The van der Waals surface area contributed by atoms with Crippen molar-refractivity contribution in [3.05, 3.63) is 70.8 Å². The Bertz CT molecular complexity index is 599. The Morgan fingerprint density at radius 2 is 1.24 bits per heavy atom. The number of hydrogen-bond donors (Lipinski definition) is 1. The molecule has 2 nitrogen and oxygen atoms in total. The first-order valence-electron chi connectivity index (χ1n) is 9.17. The first-order chi connectivity index (χ1) is 11.6. The molecule has 0 unspecified atom stereocenters. The molecule has 0 radical (unpaired) electrons. The van der Waals surface area contributed by atoms with E-state index in [2.05, 4.69) is 67.3 Å². The number of rotatable bonds is 5. The largest absolute Gasteiger partial charge is 0.380 e. The van der Waals surface area contributed by atoms with Crippen LogP contribution in [0.2, 0.25) is 0 Å². The minimum Gasteiger partial charge on any atom is -0.380 e. The van der Waals surface area contributed by atoms with Crippen LogP contribution in [0, 0.1) is 13.8 Å². The number of benzene rings is 2. The molecule has 1 heterocycles. The number of aryl methyl sites for hydroxylation is 2. The minimum absolute atomic E-state index is 0. The summed E-state index contributed by atoms with van der Waals surface area (Å²) >= 11 is 0. The van der Waals surface area contributed by atoms with Crippen LogP contribution < -0.4 is 0 Å². The predicted molar refractivity (Wildman–Crippen MR) is 108 cm³/mol. The molecule has 0 amide bonds. The highest BCUT2D eigenvalue weighted by molar-refractivity contribution is 5.85. The quantitative estimate of drug-likeness (QED) is 0.825. The lowest BCUT2D eigenvalue weighted by Crippen LogP contribution is -2.36. The summed E-state index contributed by atoms with van der Waals surface area (Å²) in [5, 5.41) is 11.6. The van der Waals surface area contributed by atoms with Crippen LogP contribution in [0.3, 0.4) is 0 Å². The summed E-state index contributed by atoms with van der Waals surface area (Å²) in [5.41, 5.74) is 3.52. The molecule has 0 aromatic heterocycles. The molecule has 3 rings (SSSR count). The highest BCUT2D eigenvalue weighted by atomic mass is 35.5. The van der Waals surface area contributed by atoms with Crippen molar-refractivity contribution in [1.82, 2.24) is 4.90 Å². The highest BCUT2D eigenvalue weighted by Crippen LogP contribution is 2.34. The summed E-state index contributed by atoms with van der Waals surface area (Å²) in [5.74, 6) is 0. The summed E-state index contributed by atoms with van der Waals surface area (Å²) in [6.07, 6.45) is 4.65. The van der Waals surface area contributed by atoms with E-state index in [0.29, 0.717) is 0 Å². The number of halogens is 1. The molecule has 1 aliphatic heterocycles. The molecule has 2 aromatic rings. The molecule has 0 bridgehead atoms. The normalized spacial score (nSPS) is 15.6. The second kappa shape index (κ2) is 8.84. The van der Waals surface area contributed by atoms with Crippen molar-refractivity contribution in [2.45, 2.75) is 45.1 Å². The third kappa shape index (κ3) is 4.84. The van der Waals surface area contributed by atoms with Gasteiger partial charge in [0.25, 0.3) is 0 Å². The van der Waals surface area contributed by atoms with E-state index in [-0.39, 0.29) is 12.4 Å². The smallest absolute Gasteiger partial charge is 0.116 e. The van der Waals surface area contributed by atoms with Crippen LogP contribution in [0.25, 0.3) is 0 Å². The molecule has 1 aliphatic rings. The van der Waals surface area contributed by atoms with Gasteiger partial charge in [0.15, 0.2) is 0 Å². The maximum Gasteiger partial charge on any atom is 0.116 e. The molecule has 3 heteroatoms. The second-order valence-electron chi connectivity index (χ2n) is 7.24. The molecular weight excluding hydrogens is 330 g/mol. The highest BCUT2D eigenvalue weighted by Gasteiger charge is 2.32. The van der Waals surface area contributed by atoms with Gasteiger partial charge in [0.05, 0.1) is 0 Å². The predicted octanol–water partition coefficient (Wildman–Crippen LogP) is 4.84. The number of likely N-dealkylation sites (tertiary alicyclic amines) is 1. The van der Waals surface area contributed by atoms with Gasteiger partial charge < -0.3 is 10.0 Å². The van der Waals surface area contributed by atoms with Crippen LogP contribution >= 0.6 is 12.4 Å². The monoisotopic (exact) mass is 359 g/mol. The molecule has 2 aromatic carbocycles. The zero-order valence-corrected chi connectivity index (χ0v) is 16.2. The third-order valence-electron chi connectivity index (χ3n) is 5.30. The summed E-state index contributed by atoms with van der Waals surface area (Å²) < 4.78 is 0. The lowest BCUT2D eigenvalue weighted by atomic mass is 9.82. The molecule has 1 fully saturated rings. The first-order valence-corrected chi connectivity index (χ1v) is 9.17. The van der Waals surface area contributed by atoms with Crippen LogP contribution in [-0.4, -0.2) is 29.6 Å². The molecule has 1 saturated heterocycles. The number of hydrogen-bond acceptors (Lipinski definition) is 2. The van der Waals surface area contributed by atoms with Crippen LogP contribution in [0.5, 0.6) is 0 Å². The zero-order valence-electron chi connectivity index (χ0n) is 15.4. The first kappa shape index (κ1) is 20.0. The fourth-order valence-electron chi connectivity index (χ4n) is 3.62. The van der Waals surface area contributed by atoms with E-state index in [4.69, 9.17) is 0 Å². The Morgan fingerprint density at radius 1 is 0.800 bits per heavy atom. The van der Waals surface area contributed by atoms with Crippen LogP contribution in [0.1, 0.15) is 47.9 Å². The van der Waals surface area contributed by atoms with Gasteiger partial charge >= 0.3 is 0 Å². The lowest BCUT2D eigenvalue weighted by molar-refractivity contribution is 0.0545. The Hall–Kier alpha value is -1.35. The molecule has 1 N–H and O–H groups in total. The number of aliphatic hydroxyl groups is 1. The van der Waals surface area contributed by atoms with E-state index >= 15 is 0 Å². The van der Waals surface area contributed by atoms with Gasteiger partial charge in [0.2, 0.25) is 0 Å².